The van der Waals surface area contributed by atoms with Gasteiger partial charge in [-0.2, -0.15) is 0 Å². The zero-order valence-electron chi connectivity index (χ0n) is 7.25. The molecule has 1 aliphatic heterocycles. The maximum absolute atomic E-state index is 2.31. The molecule has 1 heteroatoms. The summed E-state index contributed by atoms with van der Waals surface area (Å²) in [6.45, 7) is 2.24. The smallest absolute Gasteiger partial charge is 0.0140 e. The van der Waals surface area contributed by atoms with Crippen LogP contribution >= 0.6 is 8.58 Å². The Bertz CT molecular complexity index is 390. The molecule has 0 atom stereocenters. The van der Waals surface area contributed by atoms with Gasteiger partial charge in [-0.25, -0.2) is 0 Å². The molecule has 0 bridgehead atoms. The van der Waals surface area contributed by atoms with Gasteiger partial charge in [-0.05, 0) is 36.6 Å². The second kappa shape index (κ2) is 3.41. The van der Waals surface area contributed by atoms with E-state index in [1.165, 1.54) is 31.9 Å². The fourth-order valence-corrected chi connectivity index (χ4v) is 2.74. The van der Waals surface area contributed by atoms with Crippen LogP contribution in [0.3, 0.4) is 0 Å². The molecule has 0 saturated heterocycles. The normalized spacial score (nSPS) is 16.2. The highest BCUT2D eigenvalue weighted by Crippen LogP contribution is 2.31. The lowest BCUT2D eigenvalue weighted by atomic mass is 10.2. The summed E-state index contributed by atoms with van der Waals surface area (Å²) < 4.78 is 0. The SMILES string of the molecule is CCCC1=c2ccccc2=C[P]1. The Hall–Kier alpha value is -0.610. The molecular formula is C11H12P. The van der Waals surface area contributed by atoms with Crippen LogP contribution in [0.1, 0.15) is 19.8 Å². The first-order valence-corrected chi connectivity index (χ1v) is 5.37. The van der Waals surface area contributed by atoms with E-state index >= 15 is 0 Å². The van der Waals surface area contributed by atoms with Crippen LogP contribution in [-0.4, -0.2) is 0 Å². The second-order valence-electron chi connectivity index (χ2n) is 3.04. The number of rotatable bonds is 2. The monoisotopic (exact) mass is 175 g/mol. The molecule has 1 aliphatic rings. The fraction of sp³-hybridized carbons (Fsp3) is 0.273. The van der Waals surface area contributed by atoms with Gasteiger partial charge in [0.2, 0.25) is 0 Å². The summed E-state index contributed by atoms with van der Waals surface area (Å²) >= 11 is 0. The van der Waals surface area contributed by atoms with E-state index in [9.17, 15) is 0 Å². The minimum absolute atomic E-state index is 1.25. The van der Waals surface area contributed by atoms with Crippen molar-refractivity contribution < 1.29 is 0 Å². The van der Waals surface area contributed by atoms with Gasteiger partial charge in [-0.15, -0.1) is 0 Å². The maximum atomic E-state index is 2.31. The molecule has 0 amide bonds. The molecule has 2 rings (SSSR count). The van der Waals surface area contributed by atoms with Crippen molar-refractivity contribution >= 4 is 19.7 Å². The third-order valence-electron chi connectivity index (χ3n) is 2.12. The molecule has 1 radical (unpaired) electrons. The Morgan fingerprint density at radius 3 is 2.92 bits per heavy atom. The minimum atomic E-state index is 1.25. The zero-order chi connectivity index (χ0) is 8.39. The second-order valence-corrected chi connectivity index (χ2v) is 4.10. The quantitative estimate of drug-likeness (QED) is 0.605. The van der Waals surface area contributed by atoms with Crippen LogP contribution in [-0.2, 0) is 0 Å². The van der Waals surface area contributed by atoms with Crippen molar-refractivity contribution in [2.24, 2.45) is 0 Å². The molecular weight excluding hydrogens is 163 g/mol. The summed E-state index contributed by atoms with van der Waals surface area (Å²) in [5.41, 5.74) is 0. The van der Waals surface area contributed by atoms with Crippen molar-refractivity contribution in [2.75, 3.05) is 0 Å². The van der Waals surface area contributed by atoms with Gasteiger partial charge >= 0.3 is 0 Å². The molecule has 0 spiro atoms. The van der Waals surface area contributed by atoms with Crippen LogP contribution in [0.25, 0.3) is 11.1 Å². The highest BCUT2D eigenvalue weighted by molar-refractivity contribution is 7.58. The highest BCUT2D eigenvalue weighted by atomic mass is 31.1. The van der Waals surface area contributed by atoms with Crippen molar-refractivity contribution in [3.05, 3.63) is 34.7 Å². The van der Waals surface area contributed by atoms with Gasteiger partial charge < -0.3 is 0 Å². The van der Waals surface area contributed by atoms with Gasteiger partial charge in [0.1, 0.15) is 0 Å². The molecule has 0 saturated carbocycles. The summed E-state index contributed by atoms with van der Waals surface area (Å²) in [7, 11) is 1.41. The average molecular weight is 175 g/mol. The van der Waals surface area contributed by atoms with Crippen LogP contribution in [0.15, 0.2) is 24.3 Å². The van der Waals surface area contributed by atoms with Gasteiger partial charge in [0, 0.05) is 0 Å². The first-order chi connectivity index (χ1) is 5.92. The number of benzene rings is 1. The molecule has 0 aliphatic carbocycles. The summed E-state index contributed by atoms with van der Waals surface area (Å²) in [4.78, 5) is 0. The first-order valence-electron chi connectivity index (χ1n) is 4.41. The molecule has 0 N–H and O–H groups in total. The molecule has 0 nitrogen and oxygen atoms in total. The Balaban J connectivity index is 2.58. The van der Waals surface area contributed by atoms with Gasteiger partial charge in [-0.1, -0.05) is 37.6 Å². The number of hydrogen-bond acceptors (Lipinski definition) is 0. The van der Waals surface area contributed by atoms with Gasteiger partial charge in [0.05, 0.1) is 0 Å². The standard InChI is InChI=1S/C11H12P/c1-2-5-11-10-7-4-3-6-9(10)8-12-11/h3-4,6-8H,2,5H2,1H3. The van der Waals surface area contributed by atoms with Crippen LogP contribution in [0.5, 0.6) is 0 Å². The molecule has 0 fully saturated rings. The fourth-order valence-electron chi connectivity index (χ4n) is 1.53. The van der Waals surface area contributed by atoms with E-state index in [0.717, 1.165) is 0 Å². The first kappa shape index (κ1) is 8.01. The molecule has 1 aromatic rings. The largest absolute Gasteiger partial charge is 0.0651 e. The van der Waals surface area contributed by atoms with E-state index in [0.29, 0.717) is 0 Å². The summed E-state index contributed by atoms with van der Waals surface area (Å²) in [5.74, 6) is 2.31. The van der Waals surface area contributed by atoms with E-state index in [1.54, 1.807) is 5.31 Å². The average Bonchev–Trinajstić information content (AvgIpc) is 2.50. The third kappa shape index (κ3) is 1.32. The lowest BCUT2D eigenvalue weighted by Gasteiger charge is -1.95. The molecule has 12 heavy (non-hydrogen) atoms. The third-order valence-corrected chi connectivity index (χ3v) is 3.30. The lowest BCUT2D eigenvalue weighted by molar-refractivity contribution is 0.985. The summed E-state index contributed by atoms with van der Waals surface area (Å²) in [6, 6.07) is 8.67. The van der Waals surface area contributed by atoms with Crippen molar-refractivity contribution in [3.63, 3.8) is 0 Å². The van der Waals surface area contributed by atoms with E-state index in [2.05, 4.69) is 37.0 Å². The van der Waals surface area contributed by atoms with E-state index in [4.69, 9.17) is 0 Å². The maximum Gasteiger partial charge on any atom is -0.0140 e. The lowest BCUT2D eigenvalue weighted by Crippen LogP contribution is -2.21. The Morgan fingerprint density at radius 2 is 2.08 bits per heavy atom. The van der Waals surface area contributed by atoms with E-state index in [1.807, 2.05) is 0 Å². The zero-order valence-corrected chi connectivity index (χ0v) is 8.14. The van der Waals surface area contributed by atoms with Crippen molar-refractivity contribution in [2.45, 2.75) is 19.8 Å². The van der Waals surface area contributed by atoms with Crippen molar-refractivity contribution in [1.29, 1.82) is 0 Å². The predicted molar refractivity (Wildman–Crippen MR) is 55.4 cm³/mol. The van der Waals surface area contributed by atoms with Crippen molar-refractivity contribution in [3.8, 4) is 0 Å². The highest BCUT2D eigenvalue weighted by Gasteiger charge is 2.03. The molecule has 1 heterocycles. The molecule has 0 aromatic heterocycles. The van der Waals surface area contributed by atoms with Crippen molar-refractivity contribution in [1.82, 2.24) is 0 Å². The molecule has 1 aromatic carbocycles. The van der Waals surface area contributed by atoms with Crippen LogP contribution in [0.2, 0.25) is 0 Å². The van der Waals surface area contributed by atoms with Gasteiger partial charge in [0.15, 0.2) is 0 Å². The van der Waals surface area contributed by atoms with Crippen LogP contribution in [0.4, 0.5) is 0 Å². The topological polar surface area (TPSA) is 0 Å². The minimum Gasteiger partial charge on any atom is -0.0651 e. The van der Waals surface area contributed by atoms with E-state index < -0.39 is 0 Å². The Labute approximate surface area is 74.8 Å². The van der Waals surface area contributed by atoms with Gasteiger partial charge in [-0.3, -0.25) is 0 Å². The van der Waals surface area contributed by atoms with E-state index in [-0.39, 0.29) is 0 Å². The molecule has 61 valence electrons. The summed E-state index contributed by atoms with van der Waals surface area (Å²) in [6.07, 6.45) is 2.50. The number of hydrogen-bond donors (Lipinski definition) is 0. The number of fused-ring (bicyclic) bond motifs is 1. The van der Waals surface area contributed by atoms with Crippen LogP contribution in [0, 0.1) is 0 Å². The Kier molecular flexibility index (Phi) is 2.28. The van der Waals surface area contributed by atoms with Crippen LogP contribution < -0.4 is 10.4 Å². The molecule has 0 unspecified atom stereocenters. The Morgan fingerprint density at radius 1 is 1.25 bits per heavy atom. The van der Waals surface area contributed by atoms with Gasteiger partial charge in [0.25, 0.3) is 0 Å². The summed E-state index contributed by atoms with van der Waals surface area (Å²) in [5, 5.41) is 4.48. The predicted octanol–water partition coefficient (Wildman–Crippen LogP) is 2.29.